The van der Waals surface area contributed by atoms with Crippen molar-refractivity contribution in [3.63, 3.8) is 0 Å². The predicted octanol–water partition coefficient (Wildman–Crippen LogP) is 5.16. The van der Waals surface area contributed by atoms with Gasteiger partial charge in [-0.05, 0) is 29.8 Å². The molecule has 0 atom stereocenters. The highest BCUT2D eigenvalue weighted by Gasteiger charge is 2.39. The van der Waals surface area contributed by atoms with Gasteiger partial charge in [-0.1, -0.05) is 60.1 Å². The van der Waals surface area contributed by atoms with E-state index in [-0.39, 0.29) is 33.2 Å². The van der Waals surface area contributed by atoms with Gasteiger partial charge in [0.2, 0.25) is 5.69 Å². The van der Waals surface area contributed by atoms with Crippen LogP contribution >= 0.6 is 11.6 Å². The predicted molar refractivity (Wildman–Crippen MR) is 111 cm³/mol. The lowest BCUT2D eigenvalue weighted by atomic mass is 9.99. The molecule has 0 saturated carbocycles. The first-order valence-corrected chi connectivity index (χ1v) is 9.04. The fraction of sp³-hybridized carbons (Fsp3) is 0. The number of benzene rings is 3. The molecule has 4 rings (SSSR count). The van der Waals surface area contributed by atoms with Gasteiger partial charge in [0.25, 0.3) is 17.2 Å². The van der Waals surface area contributed by atoms with Gasteiger partial charge in [-0.2, -0.15) is 4.74 Å². The summed E-state index contributed by atoms with van der Waals surface area (Å²) in [6.07, 6.45) is 1.58. The maximum atomic E-state index is 12.9. The lowest BCUT2D eigenvalue weighted by Gasteiger charge is -2.05. The molecule has 1 heterocycles. The Bertz CT molecular complexity index is 1200. The number of nitro benzene ring substituents is 1. The van der Waals surface area contributed by atoms with Crippen molar-refractivity contribution in [2.24, 2.45) is 0 Å². The number of hydrogen-bond donors (Lipinski definition) is 0. The summed E-state index contributed by atoms with van der Waals surface area (Å²) < 4.78 is 0.443. The van der Waals surface area contributed by atoms with Crippen LogP contribution in [-0.4, -0.2) is 21.2 Å². The van der Waals surface area contributed by atoms with Gasteiger partial charge in [0.15, 0.2) is 0 Å². The summed E-state index contributed by atoms with van der Waals surface area (Å²) in [5.74, 6) is -0.499. The lowest BCUT2D eigenvalue weighted by Crippen LogP contribution is -2.16. The number of carbonyl (C=O) groups is 1. The zero-order valence-corrected chi connectivity index (χ0v) is 15.7. The standard InChI is InChI=1S/C22H13ClN2O4/c23-18(11-14-7-3-1-4-8-14)16-12-17-19(13-20(16)25(28)29)24(27)21(22(17)26)15-9-5-2-6-10-15/h1-13H/b18-11-. The minimum atomic E-state index is -0.615. The fourth-order valence-corrected chi connectivity index (χ4v) is 3.50. The maximum absolute atomic E-state index is 12.9. The van der Waals surface area contributed by atoms with Gasteiger partial charge >= 0.3 is 0 Å². The van der Waals surface area contributed by atoms with Crippen molar-refractivity contribution in [2.45, 2.75) is 0 Å². The summed E-state index contributed by atoms with van der Waals surface area (Å²) in [4.78, 5) is 23.9. The summed E-state index contributed by atoms with van der Waals surface area (Å²) in [5.41, 5.74) is 0.876. The van der Waals surface area contributed by atoms with E-state index in [2.05, 4.69) is 0 Å². The molecule has 1 aliphatic heterocycles. The second kappa shape index (κ2) is 7.33. The van der Waals surface area contributed by atoms with Crippen molar-refractivity contribution < 1.29 is 14.5 Å². The third kappa shape index (κ3) is 3.30. The molecule has 0 amide bonds. The van der Waals surface area contributed by atoms with E-state index in [1.54, 1.807) is 48.5 Å². The van der Waals surface area contributed by atoms with Crippen molar-refractivity contribution in [3.05, 3.63) is 110 Å². The third-order valence-corrected chi connectivity index (χ3v) is 4.90. The Morgan fingerprint density at radius 1 is 1.00 bits per heavy atom. The second-order valence-corrected chi connectivity index (χ2v) is 6.79. The Balaban J connectivity index is 1.87. The molecule has 0 fully saturated rings. The fourth-order valence-electron chi connectivity index (χ4n) is 3.23. The molecule has 0 unspecified atom stereocenters. The summed E-state index contributed by atoms with van der Waals surface area (Å²) in [5, 5.41) is 24.5. The Hall–Kier alpha value is -3.77. The van der Waals surface area contributed by atoms with Gasteiger partial charge < -0.3 is 5.21 Å². The van der Waals surface area contributed by atoms with Gasteiger partial charge in [-0.3, -0.25) is 14.9 Å². The molecule has 0 N–H and O–H groups in total. The highest BCUT2D eigenvalue weighted by molar-refractivity contribution is 6.53. The first-order chi connectivity index (χ1) is 14.0. The van der Waals surface area contributed by atoms with Crippen LogP contribution in [-0.2, 0) is 0 Å². The molecule has 0 radical (unpaired) electrons. The van der Waals surface area contributed by atoms with E-state index in [0.717, 1.165) is 11.6 Å². The third-order valence-electron chi connectivity index (χ3n) is 4.59. The first kappa shape index (κ1) is 18.6. The molecule has 3 aromatic carbocycles. The quantitative estimate of drug-likeness (QED) is 0.197. The summed E-state index contributed by atoms with van der Waals surface area (Å²) in [7, 11) is 0. The van der Waals surface area contributed by atoms with Gasteiger partial charge in [-0.25, -0.2) is 0 Å². The average Bonchev–Trinajstić information content (AvgIpc) is 2.98. The van der Waals surface area contributed by atoms with Gasteiger partial charge in [0, 0.05) is 0 Å². The van der Waals surface area contributed by atoms with Gasteiger partial charge in [0.05, 0.1) is 27.1 Å². The summed E-state index contributed by atoms with van der Waals surface area (Å²) in [6.45, 7) is 0. The number of fused-ring (bicyclic) bond motifs is 1. The van der Waals surface area contributed by atoms with E-state index in [0.29, 0.717) is 10.3 Å². The van der Waals surface area contributed by atoms with E-state index in [9.17, 15) is 20.1 Å². The zero-order valence-electron chi connectivity index (χ0n) is 14.9. The molecule has 6 nitrogen and oxygen atoms in total. The minimum Gasteiger partial charge on any atom is -0.618 e. The lowest BCUT2D eigenvalue weighted by molar-refractivity contribution is -0.387. The number of nitrogens with zero attached hydrogens (tertiary/aromatic N) is 2. The Morgan fingerprint density at radius 3 is 2.24 bits per heavy atom. The van der Waals surface area contributed by atoms with Crippen LogP contribution in [0.2, 0.25) is 0 Å². The van der Waals surface area contributed by atoms with Gasteiger partial charge in [0.1, 0.15) is 5.56 Å². The number of Topliss-reactive ketones (excluding diaryl/α,β-unsaturated/α-hetero) is 1. The van der Waals surface area contributed by atoms with Gasteiger partial charge in [-0.15, -0.1) is 0 Å². The maximum Gasteiger partial charge on any atom is 0.284 e. The molecule has 7 heteroatoms. The number of ketones is 1. The molecule has 29 heavy (non-hydrogen) atoms. The van der Waals surface area contributed by atoms with E-state index >= 15 is 0 Å². The van der Waals surface area contributed by atoms with E-state index in [4.69, 9.17) is 11.6 Å². The van der Waals surface area contributed by atoms with Crippen LogP contribution in [0.15, 0.2) is 72.8 Å². The SMILES string of the molecule is O=C1C(c2ccccc2)=[N+]([O-])c2cc([N+](=O)[O-])c(/C(Cl)=C/c3ccccc3)cc21. The molecule has 3 aromatic rings. The minimum absolute atomic E-state index is 0.0616. The highest BCUT2D eigenvalue weighted by atomic mass is 35.5. The van der Waals surface area contributed by atoms with Crippen molar-refractivity contribution in [1.29, 1.82) is 0 Å². The van der Waals surface area contributed by atoms with E-state index in [1.165, 1.54) is 6.07 Å². The molecule has 0 aromatic heterocycles. The molecule has 1 aliphatic rings. The smallest absolute Gasteiger partial charge is 0.284 e. The van der Waals surface area contributed by atoms with Crippen molar-refractivity contribution >= 4 is 45.6 Å². The molecule has 0 spiro atoms. The molecular formula is C22H13ClN2O4. The monoisotopic (exact) mass is 404 g/mol. The highest BCUT2D eigenvalue weighted by Crippen LogP contribution is 2.38. The normalized spacial score (nSPS) is 13.6. The molecular weight excluding hydrogens is 392 g/mol. The molecule has 0 bridgehead atoms. The van der Waals surface area contributed by atoms with E-state index in [1.807, 2.05) is 18.2 Å². The number of rotatable bonds is 4. The Kier molecular flexibility index (Phi) is 4.70. The van der Waals surface area contributed by atoms with Crippen molar-refractivity contribution in [2.75, 3.05) is 0 Å². The van der Waals surface area contributed by atoms with Crippen LogP contribution in [0.3, 0.4) is 0 Å². The molecule has 142 valence electrons. The number of hydrogen-bond acceptors (Lipinski definition) is 4. The Labute approximate surface area is 170 Å². The average molecular weight is 405 g/mol. The largest absolute Gasteiger partial charge is 0.618 e. The van der Waals surface area contributed by atoms with Crippen LogP contribution in [0.25, 0.3) is 11.1 Å². The first-order valence-electron chi connectivity index (χ1n) is 8.67. The van der Waals surface area contributed by atoms with Crippen LogP contribution in [0.5, 0.6) is 0 Å². The molecule has 0 saturated heterocycles. The van der Waals surface area contributed by atoms with Crippen LogP contribution in [0, 0.1) is 15.3 Å². The summed E-state index contributed by atoms with van der Waals surface area (Å²) >= 11 is 6.38. The number of carbonyl (C=O) groups excluding carboxylic acids is 1. The van der Waals surface area contributed by atoms with Crippen LogP contribution in [0.4, 0.5) is 11.4 Å². The topological polar surface area (TPSA) is 86.3 Å². The van der Waals surface area contributed by atoms with Crippen LogP contribution in [0.1, 0.15) is 27.0 Å². The Morgan fingerprint density at radius 2 is 1.62 bits per heavy atom. The van der Waals surface area contributed by atoms with Crippen LogP contribution < -0.4 is 0 Å². The second-order valence-electron chi connectivity index (χ2n) is 6.38. The molecule has 0 aliphatic carbocycles. The van der Waals surface area contributed by atoms with Crippen molar-refractivity contribution in [3.8, 4) is 0 Å². The summed E-state index contributed by atoms with van der Waals surface area (Å²) in [6, 6.07) is 19.9. The number of halogens is 1. The van der Waals surface area contributed by atoms with Crippen molar-refractivity contribution in [1.82, 2.24) is 0 Å². The zero-order chi connectivity index (χ0) is 20.5. The number of nitro groups is 1. The van der Waals surface area contributed by atoms with E-state index < -0.39 is 10.7 Å².